The van der Waals surface area contributed by atoms with Crippen LogP contribution in [-0.4, -0.2) is 23.0 Å². The van der Waals surface area contributed by atoms with Gasteiger partial charge in [-0.25, -0.2) is 0 Å². The highest BCUT2D eigenvalue weighted by Crippen LogP contribution is 2.14. The standard InChI is InChI=1S/C13H21N3O.ClH/c1-10(2)13(3,9-14)16-12(17)7-11-5-4-6-15-8-11;/h4-6,8,10H,7,9,14H2,1-3H3,(H,16,17);1H. The van der Waals surface area contributed by atoms with Gasteiger partial charge in [-0.15, -0.1) is 12.4 Å². The summed E-state index contributed by atoms with van der Waals surface area (Å²) in [5.74, 6) is 0.282. The fourth-order valence-electron chi connectivity index (χ4n) is 1.48. The molecule has 4 nitrogen and oxygen atoms in total. The van der Waals surface area contributed by atoms with Gasteiger partial charge >= 0.3 is 0 Å². The molecule has 1 unspecified atom stereocenters. The normalized spacial score (nSPS) is 13.6. The molecule has 0 bridgehead atoms. The SMILES string of the molecule is CC(C)C(C)(CN)NC(=O)Cc1cccnc1.Cl. The van der Waals surface area contributed by atoms with E-state index >= 15 is 0 Å². The summed E-state index contributed by atoms with van der Waals surface area (Å²) in [7, 11) is 0. The Morgan fingerprint density at radius 3 is 2.67 bits per heavy atom. The summed E-state index contributed by atoms with van der Waals surface area (Å²) in [6.45, 7) is 6.51. The second-order valence-electron chi connectivity index (χ2n) is 4.86. The summed E-state index contributed by atoms with van der Waals surface area (Å²) in [4.78, 5) is 15.9. The maximum atomic E-state index is 11.9. The Labute approximate surface area is 115 Å². The summed E-state index contributed by atoms with van der Waals surface area (Å²) in [5, 5.41) is 3.00. The van der Waals surface area contributed by atoms with Crippen molar-refractivity contribution < 1.29 is 4.79 Å². The zero-order valence-corrected chi connectivity index (χ0v) is 12.0. The van der Waals surface area contributed by atoms with E-state index in [1.54, 1.807) is 12.4 Å². The number of nitrogens with zero attached hydrogens (tertiary/aromatic N) is 1. The third-order valence-electron chi connectivity index (χ3n) is 3.21. The molecule has 1 atom stereocenters. The van der Waals surface area contributed by atoms with Crippen LogP contribution in [0.3, 0.4) is 0 Å². The molecule has 1 heterocycles. The summed E-state index contributed by atoms with van der Waals surface area (Å²) in [5.41, 5.74) is 6.28. The number of nitrogens with one attached hydrogen (secondary N) is 1. The minimum Gasteiger partial charge on any atom is -0.349 e. The van der Waals surface area contributed by atoms with Crippen LogP contribution in [0.5, 0.6) is 0 Å². The summed E-state index contributed by atoms with van der Waals surface area (Å²) in [6.07, 6.45) is 3.74. The quantitative estimate of drug-likeness (QED) is 0.854. The Morgan fingerprint density at radius 1 is 1.56 bits per heavy atom. The summed E-state index contributed by atoms with van der Waals surface area (Å²) < 4.78 is 0. The van der Waals surface area contributed by atoms with Crippen LogP contribution in [0.1, 0.15) is 26.3 Å². The Bertz CT molecular complexity index is 370. The molecule has 1 rings (SSSR count). The molecule has 3 N–H and O–H groups in total. The average Bonchev–Trinajstić information content (AvgIpc) is 2.29. The second-order valence-corrected chi connectivity index (χ2v) is 4.86. The van der Waals surface area contributed by atoms with Gasteiger partial charge in [0.1, 0.15) is 0 Å². The molecule has 0 aliphatic rings. The van der Waals surface area contributed by atoms with Crippen molar-refractivity contribution in [3.05, 3.63) is 30.1 Å². The zero-order chi connectivity index (χ0) is 12.9. The number of halogens is 1. The molecule has 0 fully saturated rings. The van der Waals surface area contributed by atoms with Crippen LogP contribution in [0.2, 0.25) is 0 Å². The van der Waals surface area contributed by atoms with Gasteiger partial charge in [-0.1, -0.05) is 19.9 Å². The number of hydrogen-bond donors (Lipinski definition) is 2. The molecule has 1 amide bonds. The smallest absolute Gasteiger partial charge is 0.224 e. The molecule has 0 spiro atoms. The molecule has 0 aliphatic heterocycles. The number of amides is 1. The van der Waals surface area contributed by atoms with Gasteiger partial charge < -0.3 is 11.1 Å². The predicted molar refractivity (Wildman–Crippen MR) is 75.6 cm³/mol. The van der Waals surface area contributed by atoms with Crippen LogP contribution in [-0.2, 0) is 11.2 Å². The van der Waals surface area contributed by atoms with Gasteiger partial charge in [0.25, 0.3) is 0 Å². The van der Waals surface area contributed by atoms with E-state index in [0.717, 1.165) is 5.56 Å². The van der Waals surface area contributed by atoms with Crippen molar-refractivity contribution >= 4 is 18.3 Å². The van der Waals surface area contributed by atoms with Gasteiger partial charge in [0.15, 0.2) is 0 Å². The van der Waals surface area contributed by atoms with Crippen LogP contribution in [0.4, 0.5) is 0 Å². The lowest BCUT2D eigenvalue weighted by Gasteiger charge is -2.33. The maximum absolute atomic E-state index is 11.9. The summed E-state index contributed by atoms with van der Waals surface area (Å²) in [6, 6.07) is 3.72. The van der Waals surface area contributed by atoms with Crippen molar-refractivity contribution in [2.45, 2.75) is 32.7 Å². The van der Waals surface area contributed by atoms with Crippen molar-refractivity contribution in [1.82, 2.24) is 10.3 Å². The lowest BCUT2D eigenvalue weighted by atomic mass is 9.88. The first-order valence-electron chi connectivity index (χ1n) is 5.88. The molecule has 0 radical (unpaired) electrons. The average molecular weight is 272 g/mol. The van der Waals surface area contributed by atoms with E-state index in [-0.39, 0.29) is 23.9 Å². The molecular weight excluding hydrogens is 250 g/mol. The fraction of sp³-hybridized carbons (Fsp3) is 0.538. The Morgan fingerprint density at radius 2 is 2.22 bits per heavy atom. The highest BCUT2D eigenvalue weighted by molar-refractivity contribution is 5.85. The van der Waals surface area contributed by atoms with Crippen LogP contribution < -0.4 is 11.1 Å². The minimum atomic E-state index is -0.348. The van der Waals surface area contributed by atoms with Gasteiger partial charge in [-0.05, 0) is 24.5 Å². The van der Waals surface area contributed by atoms with Gasteiger partial charge in [-0.3, -0.25) is 9.78 Å². The van der Waals surface area contributed by atoms with Crippen molar-refractivity contribution in [2.75, 3.05) is 6.54 Å². The first-order chi connectivity index (χ1) is 7.98. The van der Waals surface area contributed by atoms with E-state index in [9.17, 15) is 4.79 Å². The number of aromatic nitrogens is 1. The number of pyridine rings is 1. The zero-order valence-electron chi connectivity index (χ0n) is 11.1. The molecule has 1 aromatic rings. The lowest BCUT2D eigenvalue weighted by molar-refractivity contribution is -0.122. The largest absolute Gasteiger partial charge is 0.349 e. The van der Waals surface area contributed by atoms with Crippen LogP contribution >= 0.6 is 12.4 Å². The van der Waals surface area contributed by atoms with E-state index in [1.807, 2.05) is 19.1 Å². The molecule has 5 heteroatoms. The van der Waals surface area contributed by atoms with Crippen molar-refractivity contribution in [3.8, 4) is 0 Å². The molecule has 0 saturated heterocycles. The third kappa shape index (κ3) is 4.63. The van der Waals surface area contributed by atoms with Gasteiger partial charge in [0.05, 0.1) is 12.0 Å². The highest BCUT2D eigenvalue weighted by atomic mass is 35.5. The van der Waals surface area contributed by atoms with Crippen LogP contribution in [0, 0.1) is 5.92 Å². The third-order valence-corrected chi connectivity index (χ3v) is 3.21. The minimum absolute atomic E-state index is 0. The van der Waals surface area contributed by atoms with E-state index in [2.05, 4.69) is 24.1 Å². The van der Waals surface area contributed by atoms with E-state index in [0.29, 0.717) is 18.9 Å². The second kappa shape index (κ2) is 7.34. The van der Waals surface area contributed by atoms with E-state index in [1.165, 1.54) is 0 Å². The molecule has 0 aromatic carbocycles. The molecule has 0 saturated carbocycles. The maximum Gasteiger partial charge on any atom is 0.224 e. The van der Waals surface area contributed by atoms with Crippen molar-refractivity contribution in [2.24, 2.45) is 11.7 Å². The molecule has 18 heavy (non-hydrogen) atoms. The molecule has 0 aliphatic carbocycles. The molecule has 102 valence electrons. The highest BCUT2D eigenvalue weighted by Gasteiger charge is 2.28. The Balaban J connectivity index is 0.00000289. The van der Waals surface area contributed by atoms with Crippen molar-refractivity contribution in [3.63, 3.8) is 0 Å². The first kappa shape index (κ1) is 16.9. The first-order valence-corrected chi connectivity index (χ1v) is 5.88. The van der Waals surface area contributed by atoms with Crippen molar-refractivity contribution in [1.29, 1.82) is 0 Å². The Kier molecular flexibility index (Phi) is 6.88. The van der Waals surface area contributed by atoms with Gasteiger partial charge in [-0.2, -0.15) is 0 Å². The number of nitrogens with two attached hydrogens (primary N) is 1. The Hall–Kier alpha value is -1.13. The number of hydrogen-bond acceptors (Lipinski definition) is 3. The molecule has 1 aromatic heterocycles. The van der Waals surface area contributed by atoms with Gasteiger partial charge in [0.2, 0.25) is 5.91 Å². The summed E-state index contributed by atoms with van der Waals surface area (Å²) >= 11 is 0. The lowest BCUT2D eigenvalue weighted by Crippen LogP contribution is -2.55. The van der Waals surface area contributed by atoms with E-state index < -0.39 is 0 Å². The van der Waals surface area contributed by atoms with Crippen LogP contribution in [0.15, 0.2) is 24.5 Å². The molecular formula is C13H22ClN3O. The monoisotopic (exact) mass is 271 g/mol. The fourth-order valence-corrected chi connectivity index (χ4v) is 1.48. The predicted octanol–water partition coefficient (Wildman–Crippen LogP) is 1.54. The number of rotatable bonds is 5. The van der Waals surface area contributed by atoms with Gasteiger partial charge in [0, 0.05) is 18.9 Å². The topological polar surface area (TPSA) is 68.0 Å². The van der Waals surface area contributed by atoms with Crippen LogP contribution in [0.25, 0.3) is 0 Å². The number of carbonyl (C=O) groups is 1. The number of carbonyl (C=O) groups excluding carboxylic acids is 1. The van der Waals surface area contributed by atoms with E-state index in [4.69, 9.17) is 5.73 Å².